The van der Waals surface area contributed by atoms with Gasteiger partial charge in [-0.05, 0) is 61.9 Å². The van der Waals surface area contributed by atoms with Crippen LogP contribution in [0.1, 0.15) is 19.4 Å². The molecule has 0 bridgehead atoms. The third-order valence-electron chi connectivity index (χ3n) is 3.99. The van der Waals surface area contributed by atoms with E-state index in [1.54, 1.807) is 48.5 Å². The number of amides is 4. The summed E-state index contributed by atoms with van der Waals surface area (Å²) in [6, 6.07) is 12.7. The maximum Gasteiger partial charge on any atom is 0.335 e. The number of carbonyl (C=O) groups excluding carboxylic acids is 3. The number of hydrogen-bond acceptors (Lipinski definition) is 5. The van der Waals surface area contributed by atoms with Crippen molar-refractivity contribution in [3.8, 4) is 11.5 Å². The predicted octanol–water partition coefficient (Wildman–Crippen LogP) is 3.15. The molecule has 1 N–H and O–H groups in total. The number of urea groups is 1. The minimum absolute atomic E-state index is 0.137. The normalized spacial score (nSPS) is 15.6. The van der Waals surface area contributed by atoms with Crippen LogP contribution in [0.25, 0.3) is 6.08 Å². The van der Waals surface area contributed by atoms with Gasteiger partial charge in [0.25, 0.3) is 11.8 Å². The van der Waals surface area contributed by atoms with Crippen molar-refractivity contribution in [1.82, 2.24) is 5.32 Å². The lowest BCUT2D eigenvalue weighted by molar-refractivity contribution is -0.122. The van der Waals surface area contributed by atoms with Crippen molar-refractivity contribution >= 4 is 29.6 Å². The lowest BCUT2D eigenvalue weighted by Gasteiger charge is -2.26. The zero-order valence-corrected chi connectivity index (χ0v) is 15.6. The Hall–Kier alpha value is -3.61. The van der Waals surface area contributed by atoms with Gasteiger partial charge in [0.1, 0.15) is 17.1 Å². The summed E-state index contributed by atoms with van der Waals surface area (Å²) in [6.07, 6.45) is 1.44. The number of carbonyl (C=O) groups is 3. The van der Waals surface area contributed by atoms with Crippen LogP contribution in [-0.4, -0.2) is 31.1 Å². The average Bonchev–Trinajstić information content (AvgIpc) is 2.67. The minimum Gasteiger partial charge on any atom is -0.494 e. The Bertz CT molecular complexity index is 934. The number of anilines is 1. The summed E-state index contributed by atoms with van der Waals surface area (Å²) in [5, 5.41) is 2.20. The van der Waals surface area contributed by atoms with Crippen LogP contribution in [0.2, 0.25) is 0 Å². The number of ether oxygens (including phenoxy) is 2. The van der Waals surface area contributed by atoms with Gasteiger partial charge in [-0.15, -0.1) is 0 Å². The Kier molecular flexibility index (Phi) is 5.74. The van der Waals surface area contributed by atoms with Crippen molar-refractivity contribution in [3.63, 3.8) is 0 Å². The van der Waals surface area contributed by atoms with Crippen molar-refractivity contribution in [2.45, 2.75) is 13.8 Å². The molecule has 144 valence electrons. The summed E-state index contributed by atoms with van der Waals surface area (Å²) in [4.78, 5) is 38.3. The van der Waals surface area contributed by atoms with Crippen LogP contribution in [0.4, 0.5) is 10.5 Å². The molecule has 1 aliphatic rings. The summed E-state index contributed by atoms with van der Waals surface area (Å²) >= 11 is 0. The van der Waals surface area contributed by atoms with Gasteiger partial charge < -0.3 is 9.47 Å². The lowest BCUT2D eigenvalue weighted by Crippen LogP contribution is -2.54. The zero-order valence-electron chi connectivity index (χ0n) is 15.6. The summed E-state index contributed by atoms with van der Waals surface area (Å²) in [5.74, 6) is -0.186. The van der Waals surface area contributed by atoms with Gasteiger partial charge in [0.2, 0.25) is 0 Å². The Morgan fingerprint density at radius 3 is 2.29 bits per heavy atom. The fourth-order valence-electron chi connectivity index (χ4n) is 2.78. The van der Waals surface area contributed by atoms with Gasteiger partial charge in [-0.25, -0.2) is 9.69 Å². The monoisotopic (exact) mass is 380 g/mol. The van der Waals surface area contributed by atoms with Gasteiger partial charge >= 0.3 is 6.03 Å². The molecule has 0 atom stereocenters. The molecule has 1 fully saturated rings. The highest BCUT2D eigenvalue weighted by Crippen LogP contribution is 2.25. The number of barbiturate groups is 1. The molecule has 7 heteroatoms. The van der Waals surface area contributed by atoms with Crippen LogP contribution >= 0.6 is 0 Å². The summed E-state index contributed by atoms with van der Waals surface area (Å²) in [7, 11) is 0. The highest BCUT2D eigenvalue weighted by atomic mass is 16.5. The van der Waals surface area contributed by atoms with E-state index in [0.29, 0.717) is 36.0 Å². The molecule has 1 heterocycles. The molecule has 0 saturated carbocycles. The number of imide groups is 2. The first kappa shape index (κ1) is 19.2. The number of nitrogens with zero attached hydrogens (tertiary/aromatic N) is 1. The van der Waals surface area contributed by atoms with E-state index in [-0.39, 0.29) is 5.57 Å². The highest BCUT2D eigenvalue weighted by molar-refractivity contribution is 6.39. The van der Waals surface area contributed by atoms with Gasteiger partial charge in [0.15, 0.2) is 0 Å². The van der Waals surface area contributed by atoms with Crippen LogP contribution < -0.4 is 19.7 Å². The maximum atomic E-state index is 12.9. The maximum absolute atomic E-state index is 12.9. The van der Waals surface area contributed by atoms with Crippen LogP contribution in [0.5, 0.6) is 11.5 Å². The van der Waals surface area contributed by atoms with Crippen molar-refractivity contribution < 1.29 is 23.9 Å². The molecular formula is C21H20N2O5. The van der Waals surface area contributed by atoms with Crippen molar-refractivity contribution in [2.24, 2.45) is 0 Å². The van der Waals surface area contributed by atoms with Gasteiger partial charge in [0.05, 0.1) is 18.9 Å². The first-order valence-electron chi connectivity index (χ1n) is 8.90. The molecule has 0 unspecified atom stereocenters. The fraction of sp³-hybridized carbons (Fsp3) is 0.190. The molecule has 4 amide bonds. The van der Waals surface area contributed by atoms with E-state index in [1.165, 1.54) is 6.08 Å². The van der Waals surface area contributed by atoms with Crippen LogP contribution in [0.15, 0.2) is 54.1 Å². The molecule has 7 nitrogen and oxygen atoms in total. The van der Waals surface area contributed by atoms with Crippen LogP contribution in [0, 0.1) is 0 Å². The van der Waals surface area contributed by atoms with E-state index < -0.39 is 17.8 Å². The Labute approximate surface area is 162 Å². The zero-order chi connectivity index (χ0) is 20.1. The third-order valence-corrected chi connectivity index (χ3v) is 3.99. The second-order valence-electron chi connectivity index (χ2n) is 5.89. The molecule has 0 radical (unpaired) electrons. The number of hydrogen-bond donors (Lipinski definition) is 1. The van der Waals surface area contributed by atoms with Gasteiger partial charge in [-0.2, -0.15) is 0 Å². The molecule has 3 rings (SSSR count). The second-order valence-corrected chi connectivity index (χ2v) is 5.89. The molecule has 28 heavy (non-hydrogen) atoms. The Morgan fingerprint density at radius 1 is 0.929 bits per heavy atom. The van der Waals surface area contributed by atoms with E-state index in [0.717, 1.165) is 4.90 Å². The quantitative estimate of drug-likeness (QED) is 0.615. The molecule has 2 aromatic carbocycles. The molecule has 2 aromatic rings. The number of benzene rings is 2. The third kappa shape index (κ3) is 4.03. The second kappa shape index (κ2) is 8.39. The predicted molar refractivity (Wildman–Crippen MR) is 104 cm³/mol. The molecular weight excluding hydrogens is 360 g/mol. The Balaban J connectivity index is 1.92. The van der Waals surface area contributed by atoms with Crippen molar-refractivity contribution in [1.29, 1.82) is 0 Å². The SMILES string of the molecule is CCOc1ccc(N2C(=O)NC(=O)C(=Cc3cccc(OCC)c3)C2=O)cc1. The van der Waals surface area contributed by atoms with E-state index in [2.05, 4.69) is 5.32 Å². The van der Waals surface area contributed by atoms with Gasteiger partial charge in [-0.1, -0.05) is 12.1 Å². The lowest BCUT2D eigenvalue weighted by atomic mass is 10.1. The molecule has 1 aliphatic heterocycles. The topological polar surface area (TPSA) is 84.9 Å². The number of rotatable bonds is 6. The molecule has 0 aliphatic carbocycles. The number of nitrogens with one attached hydrogen (secondary N) is 1. The highest BCUT2D eigenvalue weighted by Gasteiger charge is 2.36. The van der Waals surface area contributed by atoms with Gasteiger partial charge in [0, 0.05) is 0 Å². The smallest absolute Gasteiger partial charge is 0.335 e. The van der Waals surface area contributed by atoms with E-state index in [1.807, 2.05) is 13.8 Å². The largest absolute Gasteiger partial charge is 0.494 e. The summed E-state index contributed by atoms with van der Waals surface area (Å²) < 4.78 is 10.8. The van der Waals surface area contributed by atoms with Crippen molar-refractivity contribution in [2.75, 3.05) is 18.1 Å². The fourth-order valence-corrected chi connectivity index (χ4v) is 2.78. The van der Waals surface area contributed by atoms with E-state index in [9.17, 15) is 14.4 Å². The van der Waals surface area contributed by atoms with Crippen LogP contribution in [-0.2, 0) is 9.59 Å². The molecule has 0 spiro atoms. The molecule has 1 saturated heterocycles. The summed E-state index contributed by atoms with van der Waals surface area (Å²) in [5.41, 5.74) is 0.819. The first-order chi connectivity index (χ1) is 13.5. The first-order valence-corrected chi connectivity index (χ1v) is 8.90. The van der Waals surface area contributed by atoms with E-state index >= 15 is 0 Å². The van der Waals surface area contributed by atoms with E-state index in [4.69, 9.17) is 9.47 Å². The van der Waals surface area contributed by atoms with Gasteiger partial charge in [-0.3, -0.25) is 14.9 Å². The van der Waals surface area contributed by atoms with Crippen molar-refractivity contribution in [3.05, 3.63) is 59.7 Å². The standard InChI is InChI=1S/C21H20N2O5/c1-3-27-16-10-8-15(9-11-16)23-20(25)18(19(24)22-21(23)26)13-14-6-5-7-17(12-14)28-4-2/h5-13H,3-4H2,1-2H3,(H,22,24,26). The Morgan fingerprint density at radius 2 is 1.61 bits per heavy atom. The van der Waals surface area contributed by atoms with Crippen LogP contribution in [0.3, 0.4) is 0 Å². The molecule has 0 aromatic heterocycles. The summed E-state index contributed by atoms with van der Waals surface area (Å²) in [6.45, 7) is 4.73. The minimum atomic E-state index is -0.792. The average molecular weight is 380 g/mol.